The minimum absolute atomic E-state index is 0.180. The van der Waals surface area contributed by atoms with Crippen molar-refractivity contribution in [2.45, 2.75) is 13.0 Å². The van der Waals surface area contributed by atoms with E-state index in [2.05, 4.69) is 4.99 Å². The molecule has 1 unspecified atom stereocenters. The number of carbonyl (C=O) groups is 2. The number of amidine groups is 1. The van der Waals surface area contributed by atoms with Gasteiger partial charge in [-0.25, -0.2) is 4.79 Å². The largest absolute Gasteiger partial charge is 0.493 e. The van der Waals surface area contributed by atoms with Crippen molar-refractivity contribution in [2.75, 3.05) is 21.2 Å². The van der Waals surface area contributed by atoms with E-state index in [0.29, 0.717) is 21.4 Å². The Hall–Kier alpha value is -2.48. The Morgan fingerprint density at radius 1 is 1.46 bits per heavy atom. The van der Waals surface area contributed by atoms with Crippen LogP contribution in [0.3, 0.4) is 0 Å². The number of likely N-dealkylation sites (N-methyl/N-ethyl adjacent to an activating group) is 1. The summed E-state index contributed by atoms with van der Waals surface area (Å²) in [5, 5.41) is 9.66. The molecule has 0 saturated carbocycles. The molecule has 1 heterocycles. The van der Waals surface area contributed by atoms with Crippen LogP contribution >= 0.6 is 11.8 Å². The summed E-state index contributed by atoms with van der Waals surface area (Å²) in [5.74, 6) is -0.599. The Morgan fingerprint density at radius 3 is 2.71 bits per heavy atom. The van der Waals surface area contributed by atoms with Crippen molar-refractivity contribution >= 4 is 34.9 Å². The van der Waals surface area contributed by atoms with E-state index in [-0.39, 0.29) is 11.7 Å². The molecule has 1 saturated heterocycles. The zero-order chi connectivity index (χ0) is 17.9. The van der Waals surface area contributed by atoms with Crippen LogP contribution in [0.5, 0.6) is 11.5 Å². The number of hydrogen-bond donors (Lipinski definition) is 1. The quantitative estimate of drug-likeness (QED) is 0.818. The molecule has 0 aliphatic carbocycles. The molecule has 1 amide bonds. The second-order valence-corrected chi connectivity index (χ2v) is 5.97. The SMILES string of the molecule is CN=C1SC(=Cc2cccc(OC)c2OC(C)C(=O)O)C(=O)N1C. The number of amides is 1. The highest BCUT2D eigenvalue weighted by atomic mass is 32.2. The summed E-state index contributed by atoms with van der Waals surface area (Å²) in [6, 6.07) is 5.14. The fraction of sp³-hybridized carbons (Fsp3) is 0.312. The Labute approximate surface area is 144 Å². The molecule has 1 fully saturated rings. The summed E-state index contributed by atoms with van der Waals surface area (Å²) in [5.41, 5.74) is 0.559. The number of hydrogen-bond acceptors (Lipinski definition) is 6. The van der Waals surface area contributed by atoms with Gasteiger partial charge in [0.25, 0.3) is 5.91 Å². The van der Waals surface area contributed by atoms with Gasteiger partial charge in [0.1, 0.15) is 0 Å². The number of ether oxygens (including phenoxy) is 2. The summed E-state index contributed by atoms with van der Waals surface area (Å²) < 4.78 is 10.8. The second kappa shape index (κ2) is 7.39. The minimum atomic E-state index is -1.09. The number of para-hydroxylation sites is 1. The van der Waals surface area contributed by atoms with Gasteiger partial charge in [-0.15, -0.1) is 0 Å². The van der Waals surface area contributed by atoms with Gasteiger partial charge in [0.15, 0.2) is 22.8 Å². The van der Waals surface area contributed by atoms with Crippen LogP contribution in [0.15, 0.2) is 28.1 Å². The lowest BCUT2D eigenvalue weighted by molar-refractivity contribution is -0.144. The predicted octanol–water partition coefficient (Wildman–Crippen LogP) is 2.08. The predicted molar refractivity (Wildman–Crippen MR) is 92.4 cm³/mol. The van der Waals surface area contributed by atoms with Crippen LogP contribution in [0.2, 0.25) is 0 Å². The Kier molecular flexibility index (Phi) is 5.50. The number of aliphatic carboxylic acids is 1. The molecule has 0 bridgehead atoms. The maximum atomic E-state index is 12.3. The average molecular weight is 350 g/mol. The molecule has 1 aromatic rings. The molecular weight excluding hydrogens is 332 g/mol. The maximum Gasteiger partial charge on any atom is 0.344 e. The van der Waals surface area contributed by atoms with Gasteiger partial charge in [0.05, 0.1) is 12.0 Å². The molecule has 0 spiro atoms. The lowest BCUT2D eigenvalue weighted by Gasteiger charge is -2.16. The van der Waals surface area contributed by atoms with Crippen LogP contribution < -0.4 is 9.47 Å². The highest BCUT2D eigenvalue weighted by molar-refractivity contribution is 8.18. The van der Waals surface area contributed by atoms with Crippen LogP contribution in [0.4, 0.5) is 0 Å². The normalized spacial score (nSPS) is 19.0. The summed E-state index contributed by atoms with van der Waals surface area (Å²) in [6.07, 6.45) is 0.592. The van der Waals surface area contributed by atoms with Crippen molar-refractivity contribution in [1.82, 2.24) is 4.90 Å². The summed E-state index contributed by atoms with van der Waals surface area (Å²) in [7, 11) is 4.73. The van der Waals surface area contributed by atoms with Crippen LogP contribution in [0.1, 0.15) is 12.5 Å². The summed E-state index contributed by atoms with van der Waals surface area (Å²) in [4.78, 5) is 29.3. The van der Waals surface area contributed by atoms with Crippen LogP contribution in [0, 0.1) is 0 Å². The monoisotopic (exact) mass is 350 g/mol. The van der Waals surface area contributed by atoms with Gasteiger partial charge in [-0.05, 0) is 30.8 Å². The fourth-order valence-electron chi connectivity index (χ4n) is 2.05. The van der Waals surface area contributed by atoms with E-state index in [1.54, 1.807) is 38.4 Å². The number of carboxylic acid groups (broad SMARTS) is 1. The van der Waals surface area contributed by atoms with Gasteiger partial charge in [0.2, 0.25) is 0 Å². The number of aliphatic imine (C=N–C) groups is 1. The van der Waals surface area contributed by atoms with Gasteiger partial charge < -0.3 is 14.6 Å². The van der Waals surface area contributed by atoms with E-state index in [0.717, 1.165) is 0 Å². The molecule has 2 rings (SSSR count). The van der Waals surface area contributed by atoms with E-state index in [4.69, 9.17) is 14.6 Å². The molecule has 1 aliphatic heterocycles. The second-order valence-electron chi connectivity index (χ2n) is 4.96. The molecule has 0 aromatic heterocycles. The number of thioether (sulfide) groups is 1. The van der Waals surface area contributed by atoms with E-state index in [1.807, 2.05) is 0 Å². The molecule has 128 valence electrons. The van der Waals surface area contributed by atoms with Crippen molar-refractivity contribution in [3.8, 4) is 11.5 Å². The first-order chi connectivity index (χ1) is 11.4. The minimum Gasteiger partial charge on any atom is -0.493 e. The Morgan fingerprint density at radius 2 is 2.17 bits per heavy atom. The van der Waals surface area contributed by atoms with Crippen molar-refractivity contribution < 1.29 is 24.2 Å². The van der Waals surface area contributed by atoms with Crippen molar-refractivity contribution in [1.29, 1.82) is 0 Å². The summed E-state index contributed by atoms with van der Waals surface area (Å²) in [6.45, 7) is 1.43. The first kappa shape index (κ1) is 17.9. The molecule has 1 aromatic carbocycles. The van der Waals surface area contributed by atoms with Crippen LogP contribution in [-0.4, -0.2) is 54.4 Å². The molecule has 0 radical (unpaired) electrons. The first-order valence-corrected chi connectivity index (χ1v) is 7.91. The van der Waals surface area contributed by atoms with Crippen LogP contribution in [0.25, 0.3) is 6.08 Å². The number of rotatable bonds is 5. The molecule has 7 nitrogen and oxygen atoms in total. The fourth-order valence-corrected chi connectivity index (χ4v) is 2.97. The Bertz CT molecular complexity index is 729. The van der Waals surface area contributed by atoms with E-state index >= 15 is 0 Å². The topological polar surface area (TPSA) is 88.4 Å². The van der Waals surface area contributed by atoms with Crippen molar-refractivity contribution in [3.63, 3.8) is 0 Å². The van der Waals surface area contributed by atoms with Gasteiger partial charge >= 0.3 is 5.97 Å². The lowest BCUT2D eigenvalue weighted by Crippen LogP contribution is -2.24. The highest BCUT2D eigenvalue weighted by Crippen LogP contribution is 2.37. The average Bonchev–Trinajstić information content (AvgIpc) is 2.83. The van der Waals surface area contributed by atoms with Crippen molar-refractivity contribution in [2.24, 2.45) is 4.99 Å². The standard InChI is InChI=1S/C16H18N2O5S/c1-9(15(20)21)23-13-10(6-5-7-11(13)22-4)8-12-14(19)18(3)16(17-2)24-12/h5-9H,1-4H3,(H,20,21). The van der Waals surface area contributed by atoms with E-state index in [9.17, 15) is 9.59 Å². The van der Waals surface area contributed by atoms with E-state index < -0.39 is 12.1 Å². The molecule has 24 heavy (non-hydrogen) atoms. The third kappa shape index (κ3) is 3.53. The number of benzene rings is 1. The molecule has 1 N–H and O–H groups in total. The molecular formula is C16H18N2O5S. The number of methoxy groups -OCH3 is 1. The number of carbonyl (C=O) groups excluding carboxylic acids is 1. The zero-order valence-corrected chi connectivity index (χ0v) is 14.6. The van der Waals surface area contributed by atoms with Gasteiger partial charge in [0, 0.05) is 19.7 Å². The van der Waals surface area contributed by atoms with Crippen LogP contribution in [-0.2, 0) is 9.59 Å². The third-order valence-corrected chi connectivity index (χ3v) is 4.50. The van der Waals surface area contributed by atoms with Crippen molar-refractivity contribution in [3.05, 3.63) is 28.7 Å². The molecule has 8 heteroatoms. The number of carboxylic acids is 1. The molecule has 1 atom stereocenters. The van der Waals surface area contributed by atoms with Gasteiger partial charge in [-0.2, -0.15) is 0 Å². The smallest absolute Gasteiger partial charge is 0.344 e. The lowest BCUT2D eigenvalue weighted by atomic mass is 10.1. The third-order valence-electron chi connectivity index (χ3n) is 3.35. The zero-order valence-electron chi connectivity index (χ0n) is 13.8. The maximum absolute atomic E-state index is 12.3. The summed E-state index contributed by atoms with van der Waals surface area (Å²) >= 11 is 1.24. The van der Waals surface area contributed by atoms with Gasteiger partial charge in [-0.3, -0.25) is 14.7 Å². The number of nitrogens with zero attached hydrogens (tertiary/aromatic N) is 2. The van der Waals surface area contributed by atoms with E-state index in [1.165, 1.54) is 30.7 Å². The highest BCUT2D eigenvalue weighted by Gasteiger charge is 2.30. The first-order valence-electron chi connectivity index (χ1n) is 7.09. The van der Waals surface area contributed by atoms with Gasteiger partial charge in [-0.1, -0.05) is 12.1 Å². The Balaban J connectivity index is 2.45. The molecule has 1 aliphatic rings.